The van der Waals surface area contributed by atoms with Gasteiger partial charge in [-0.2, -0.15) is 0 Å². The van der Waals surface area contributed by atoms with Gasteiger partial charge in [-0.15, -0.1) is 0 Å². The number of anilines is 6. The van der Waals surface area contributed by atoms with Crippen LogP contribution >= 0.6 is 0 Å². The first-order chi connectivity index (χ1) is 35.7. The second kappa shape index (κ2) is 13.7. The van der Waals surface area contributed by atoms with E-state index in [0.717, 1.165) is 0 Å². The normalized spacial score (nSPS) is 15.2. The van der Waals surface area contributed by atoms with Crippen molar-refractivity contribution in [2.24, 2.45) is 0 Å². The second-order valence-corrected chi connectivity index (χ2v) is 20.6. The second-order valence-electron chi connectivity index (χ2n) is 20.6. The minimum absolute atomic E-state index is 0.00139. The molecule has 0 amide bonds. The summed E-state index contributed by atoms with van der Waals surface area (Å²) in [5, 5.41) is 0. The van der Waals surface area contributed by atoms with Gasteiger partial charge < -0.3 is 9.80 Å². The number of hydrogen-bond acceptors (Lipinski definition) is 2. The van der Waals surface area contributed by atoms with Crippen molar-refractivity contribution in [2.45, 2.75) is 17.8 Å². The summed E-state index contributed by atoms with van der Waals surface area (Å²) in [6.07, 6.45) is 0. The van der Waals surface area contributed by atoms with E-state index < -0.39 is 10.8 Å². The molecule has 17 rings (SSSR count). The van der Waals surface area contributed by atoms with Crippen molar-refractivity contribution < 1.29 is 0 Å². The molecule has 11 aromatic rings. The van der Waals surface area contributed by atoms with E-state index in [1.165, 1.54) is 145 Å². The Morgan fingerprint density at radius 1 is 0.278 bits per heavy atom. The maximum absolute atomic E-state index is 2.66. The lowest BCUT2D eigenvalue weighted by atomic mass is 9.33. The molecule has 6 aliphatic rings. The van der Waals surface area contributed by atoms with Gasteiger partial charge in [0, 0.05) is 33.9 Å². The summed E-state index contributed by atoms with van der Waals surface area (Å²) in [6.45, 7) is 2.26. The van der Waals surface area contributed by atoms with Crippen molar-refractivity contribution in [2.75, 3.05) is 9.80 Å². The number of benzene rings is 11. The molecular formula is C69H43BN2. The fourth-order valence-corrected chi connectivity index (χ4v) is 15.2. The van der Waals surface area contributed by atoms with Crippen LogP contribution in [-0.4, -0.2) is 6.71 Å². The summed E-state index contributed by atoms with van der Waals surface area (Å²) < 4.78 is 0. The first-order valence-corrected chi connectivity index (χ1v) is 25.5. The molecule has 72 heavy (non-hydrogen) atoms. The third-order valence-electron chi connectivity index (χ3n) is 17.5. The van der Waals surface area contributed by atoms with Crippen LogP contribution in [0.1, 0.15) is 50.1 Å². The Morgan fingerprint density at radius 2 is 0.597 bits per heavy atom. The highest BCUT2D eigenvalue weighted by Gasteiger charge is 2.56. The predicted molar refractivity (Wildman–Crippen MR) is 298 cm³/mol. The minimum atomic E-state index is -0.521. The molecule has 0 radical (unpaired) electrons. The van der Waals surface area contributed by atoms with Crippen LogP contribution in [-0.2, 0) is 10.8 Å². The Morgan fingerprint density at radius 3 is 1.04 bits per heavy atom. The van der Waals surface area contributed by atoms with E-state index in [-0.39, 0.29) is 6.71 Å². The molecule has 2 nitrogen and oxygen atoms in total. The standard InChI is InChI=1S/C69H43BN2/c1-42-39-40-60-58(41-42)70-57-33-14-15-34-59(57)71(61-35-16-25-49-47-23-6-12-31-55(47)68(65(49)61)51-27-8-2-19-43(51)44-20-3-9-28-52(44)68)63-37-18-38-64(67(63)70)72(60)62-36-17-26-50-48-24-7-13-32-56(48)69(66(50)62)53-29-10-4-21-45(53)46-22-5-11-30-54(46)69/h2-41H,1H3. The van der Waals surface area contributed by atoms with Crippen LogP contribution in [0.4, 0.5) is 34.1 Å². The summed E-state index contributed by atoms with van der Waals surface area (Å²) in [6, 6.07) is 92.9. The molecule has 0 fully saturated rings. The maximum Gasteiger partial charge on any atom is 0.252 e. The van der Waals surface area contributed by atoms with Crippen LogP contribution in [0.25, 0.3) is 44.5 Å². The largest absolute Gasteiger partial charge is 0.311 e. The molecule has 2 aliphatic heterocycles. The van der Waals surface area contributed by atoms with Crippen molar-refractivity contribution in [1.29, 1.82) is 0 Å². The minimum Gasteiger partial charge on any atom is -0.311 e. The molecule has 0 unspecified atom stereocenters. The third-order valence-corrected chi connectivity index (χ3v) is 17.5. The van der Waals surface area contributed by atoms with Crippen molar-refractivity contribution in [1.82, 2.24) is 0 Å². The molecule has 332 valence electrons. The number of fused-ring (bicyclic) bond motifs is 24. The summed E-state index contributed by atoms with van der Waals surface area (Å²) in [7, 11) is 0. The van der Waals surface area contributed by atoms with Gasteiger partial charge in [0.2, 0.25) is 0 Å². The van der Waals surface area contributed by atoms with Crippen LogP contribution in [0.3, 0.4) is 0 Å². The lowest BCUT2D eigenvalue weighted by molar-refractivity contribution is 0.792. The van der Waals surface area contributed by atoms with E-state index in [0.29, 0.717) is 0 Å². The van der Waals surface area contributed by atoms with E-state index in [1.54, 1.807) is 0 Å². The van der Waals surface area contributed by atoms with Crippen LogP contribution in [0, 0.1) is 6.92 Å². The number of hydrogen-bond donors (Lipinski definition) is 0. The number of aryl methyl sites for hydroxylation is 1. The highest BCUT2D eigenvalue weighted by Crippen LogP contribution is 2.67. The molecule has 3 heteroatoms. The molecule has 0 atom stereocenters. The van der Waals surface area contributed by atoms with Crippen molar-refractivity contribution in [3.63, 3.8) is 0 Å². The first-order valence-electron chi connectivity index (χ1n) is 25.5. The summed E-state index contributed by atoms with van der Waals surface area (Å²) in [5.41, 5.74) is 32.7. The zero-order chi connectivity index (χ0) is 47.0. The smallest absolute Gasteiger partial charge is 0.252 e. The fraction of sp³-hybridized carbons (Fsp3) is 0.0435. The molecular weight excluding hydrogens is 868 g/mol. The Kier molecular flexibility index (Phi) is 7.39. The van der Waals surface area contributed by atoms with Gasteiger partial charge in [-0.3, -0.25) is 0 Å². The van der Waals surface area contributed by atoms with E-state index in [1.807, 2.05) is 0 Å². The molecule has 4 aliphatic carbocycles. The Balaban J connectivity index is 0.970. The average molecular weight is 911 g/mol. The van der Waals surface area contributed by atoms with Crippen LogP contribution < -0.4 is 26.2 Å². The zero-order valence-electron chi connectivity index (χ0n) is 39.6. The van der Waals surface area contributed by atoms with Crippen LogP contribution in [0.15, 0.2) is 243 Å². The summed E-state index contributed by atoms with van der Waals surface area (Å²) in [4.78, 5) is 5.30. The van der Waals surface area contributed by atoms with Gasteiger partial charge in [-0.1, -0.05) is 212 Å². The lowest BCUT2D eigenvalue weighted by Crippen LogP contribution is -2.61. The van der Waals surface area contributed by atoms with Gasteiger partial charge in [0.05, 0.1) is 22.2 Å². The van der Waals surface area contributed by atoms with Gasteiger partial charge in [-0.25, -0.2) is 0 Å². The Hall–Kier alpha value is -8.92. The Labute approximate surface area is 419 Å². The predicted octanol–water partition coefficient (Wildman–Crippen LogP) is 14.8. The fourth-order valence-electron chi connectivity index (χ4n) is 15.2. The number of para-hydroxylation sites is 1. The van der Waals surface area contributed by atoms with Gasteiger partial charge >= 0.3 is 0 Å². The quantitative estimate of drug-likeness (QED) is 0.160. The number of rotatable bonds is 2. The Bertz CT molecular complexity index is 4100. The van der Waals surface area contributed by atoms with Gasteiger partial charge in [0.25, 0.3) is 6.71 Å². The van der Waals surface area contributed by atoms with E-state index in [4.69, 9.17) is 0 Å². The van der Waals surface area contributed by atoms with Crippen molar-refractivity contribution in [3.05, 3.63) is 293 Å². The first kappa shape index (κ1) is 38.9. The van der Waals surface area contributed by atoms with Crippen LogP contribution in [0.2, 0.25) is 0 Å². The molecule has 2 heterocycles. The zero-order valence-corrected chi connectivity index (χ0v) is 39.6. The maximum atomic E-state index is 2.66. The topological polar surface area (TPSA) is 6.48 Å². The van der Waals surface area contributed by atoms with Gasteiger partial charge in [0.1, 0.15) is 0 Å². The van der Waals surface area contributed by atoms with Gasteiger partial charge in [-0.05, 0) is 138 Å². The highest BCUT2D eigenvalue weighted by molar-refractivity contribution is 7.00. The molecule has 0 saturated heterocycles. The monoisotopic (exact) mass is 910 g/mol. The van der Waals surface area contributed by atoms with E-state index in [2.05, 4.69) is 259 Å². The van der Waals surface area contributed by atoms with E-state index in [9.17, 15) is 0 Å². The lowest BCUT2D eigenvalue weighted by Gasteiger charge is -2.46. The molecule has 0 bridgehead atoms. The molecule has 0 N–H and O–H groups in total. The van der Waals surface area contributed by atoms with Crippen LogP contribution in [0.5, 0.6) is 0 Å². The highest BCUT2D eigenvalue weighted by atomic mass is 15.2. The third kappa shape index (κ3) is 4.43. The van der Waals surface area contributed by atoms with Crippen molar-refractivity contribution >= 4 is 57.2 Å². The van der Waals surface area contributed by atoms with Crippen molar-refractivity contribution in [3.8, 4) is 44.5 Å². The molecule has 0 saturated carbocycles. The number of nitrogens with zero attached hydrogens (tertiary/aromatic N) is 2. The SMILES string of the molecule is Cc1ccc2c(c1)B1c3ccccc3N(c3cccc4c3C3(c5ccccc5-c5ccccc53)c3ccccc3-4)c3cccc(c31)N2c1cccc2c1C1(c3ccccc3-c3ccccc31)c1ccccc1-2. The molecule has 2 spiro atoms. The summed E-state index contributed by atoms with van der Waals surface area (Å²) >= 11 is 0. The van der Waals surface area contributed by atoms with E-state index >= 15 is 0 Å². The molecule has 11 aromatic carbocycles. The van der Waals surface area contributed by atoms with Gasteiger partial charge in [0.15, 0.2) is 0 Å². The molecule has 0 aromatic heterocycles. The summed E-state index contributed by atoms with van der Waals surface area (Å²) in [5.74, 6) is 0. The average Bonchev–Trinajstić information content (AvgIpc) is 4.13.